The SMILES string of the molecule is C=CCCC/C(=C\c1c(Cl)ncnc1NC=O)C1CCS(=O)CC1. The molecular weight excluding hydrogens is 346 g/mol. The molecule has 7 heteroatoms. The van der Waals surface area contributed by atoms with E-state index in [9.17, 15) is 9.00 Å². The maximum atomic E-state index is 11.6. The second-order valence-corrected chi connectivity index (χ2v) is 7.77. The summed E-state index contributed by atoms with van der Waals surface area (Å²) in [5.41, 5.74) is 1.88. The Kier molecular flexibility index (Phi) is 7.59. The topological polar surface area (TPSA) is 72.0 Å². The highest BCUT2D eigenvalue weighted by Crippen LogP contribution is 2.32. The fourth-order valence-corrected chi connectivity index (χ4v) is 4.35. The zero-order valence-corrected chi connectivity index (χ0v) is 15.1. The lowest BCUT2D eigenvalue weighted by molar-refractivity contribution is -0.105. The molecule has 0 atom stereocenters. The van der Waals surface area contributed by atoms with Crippen LogP contribution in [0.25, 0.3) is 6.08 Å². The van der Waals surface area contributed by atoms with Crippen molar-refractivity contribution in [2.45, 2.75) is 32.1 Å². The molecule has 2 rings (SSSR count). The third-order valence-corrected chi connectivity index (χ3v) is 5.83. The molecule has 1 N–H and O–H groups in total. The van der Waals surface area contributed by atoms with E-state index in [-0.39, 0.29) is 0 Å². The van der Waals surface area contributed by atoms with Crippen molar-refractivity contribution in [3.05, 3.63) is 35.3 Å². The van der Waals surface area contributed by atoms with Gasteiger partial charge in [0.05, 0.1) is 5.56 Å². The zero-order chi connectivity index (χ0) is 17.4. The fourth-order valence-electron chi connectivity index (χ4n) is 2.87. The van der Waals surface area contributed by atoms with Crippen LogP contribution < -0.4 is 5.32 Å². The van der Waals surface area contributed by atoms with Crippen LogP contribution in [0.15, 0.2) is 24.6 Å². The molecule has 1 aromatic heterocycles. The van der Waals surface area contributed by atoms with Crippen molar-refractivity contribution in [2.24, 2.45) is 5.92 Å². The van der Waals surface area contributed by atoms with Gasteiger partial charge in [0.25, 0.3) is 0 Å². The first-order valence-electron chi connectivity index (χ1n) is 8.02. The number of carbonyl (C=O) groups is 1. The molecule has 2 heterocycles. The van der Waals surface area contributed by atoms with E-state index in [0.717, 1.165) is 43.6 Å². The van der Waals surface area contributed by atoms with Crippen molar-refractivity contribution >= 4 is 40.7 Å². The lowest BCUT2D eigenvalue weighted by atomic mass is 9.88. The molecule has 130 valence electrons. The molecule has 0 unspecified atom stereocenters. The van der Waals surface area contributed by atoms with Gasteiger partial charge >= 0.3 is 0 Å². The minimum Gasteiger partial charge on any atom is -0.313 e. The van der Waals surface area contributed by atoms with E-state index in [1.807, 2.05) is 12.2 Å². The van der Waals surface area contributed by atoms with Crippen molar-refractivity contribution in [3.63, 3.8) is 0 Å². The van der Waals surface area contributed by atoms with Crippen LogP contribution in [0.1, 0.15) is 37.7 Å². The van der Waals surface area contributed by atoms with Crippen molar-refractivity contribution in [1.82, 2.24) is 9.97 Å². The Bertz CT molecular complexity index is 639. The first-order chi connectivity index (χ1) is 11.7. The minimum absolute atomic E-state index is 0.315. The number of unbranched alkanes of at least 4 members (excludes halogenated alkanes) is 1. The van der Waals surface area contributed by atoms with Gasteiger partial charge in [0, 0.05) is 22.3 Å². The van der Waals surface area contributed by atoms with Gasteiger partial charge in [0.15, 0.2) is 0 Å². The normalized spacial score (nSPS) is 21.3. The Hall–Kier alpha value is -1.53. The number of halogens is 1. The van der Waals surface area contributed by atoms with E-state index in [0.29, 0.717) is 28.9 Å². The zero-order valence-electron chi connectivity index (χ0n) is 13.5. The molecule has 0 aliphatic carbocycles. The number of hydrogen-bond donors (Lipinski definition) is 1. The number of carbonyl (C=O) groups excluding carboxylic acids is 1. The largest absolute Gasteiger partial charge is 0.313 e. The van der Waals surface area contributed by atoms with E-state index in [2.05, 4.69) is 21.9 Å². The average molecular weight is 368 g/mol. The van der Waals surface area contributed by atoms with Crippen LogP contribution in [0.3, 0.4) is 0 Å². The maximum absolute atomic E-state index is 11.6. The van der Waals surface area contributed by atoms with E-state index >= 15 is 0 Å². The first kappa shape index (κ1) is 18.8. The van der Waals surface area contributed by atoms with Crippen molar-refractivity contribution < 1.29 is 9.00 Å². The molecular formula is C17H22ClN3O2S. The fraction of sp³-hybridized carbons (Fsp3) is 0.471. The Morgan fingerprint density at radius 3 is 2.83 bits per heavy atom. The predicted octanol–water partition coefficient (Wildman–Crippen LogP) is 3.60. The summed E-state index contributed by atoms with van der Waals surface area (Å²) in [7, 11) is -0.696. The molecule has 1 aromatic rings. The summed E-state index contributed by atoms with van der Waals surface area (Å²) in [5, 5.41) is 2.89. The summed E-state index contributed by atoms with van der Waals surface area (Å²) in [6, 6.07) is 0. The summed E-state index contributed by atoms with van der Waals surface area (Å²) in [6.07, 6.45) is 10.5. The van der Waals surface area contributed by atoms with E-state index in [4.69, 9.17) is 11.6 Å². The maximum Gasteiger partial charge on any atom is 0.212 e. The first-order valence-corrected chi connectivity index (χ1v) is 9.89. The minimum atomic E-state index is -0.696. The average Bonchev–Trinajstić information content (AvgIpc) is 2.58. The highest BCUT2D eigenvalue weighted by molar-refractivity contribution is 7.85. The van der Waals surface area contributed by atoms with Crippen molar-refractivity contribution in [1.29, 1.82) is 0 Å². The Balaban J connectivity index is 2.31. The third kappa shape index (κ3) is 5.24. The monoisotopic (exact) mass is 367 g/mol. The molecule has 0 bridgehead atoms. The van der Waals surface area contributed by atoms with E-state index in [1.165, 1.54) is 11.9 Å². The number of nitrogens with one attached hydrogen (secondary N) is 1. The van der Waals surface area contributed by atoms with Gasteiger partial charge in [0.2, 0.25) is 6.41 Å². The van der Waals surface area contributed by atoms with Gasteiger partial charge in [0.1, 0.15) is 17.3 Å². The highest BCUT2D eigenvalue weighted by atomic mass is 35.5. The number of aromatic nitrogens is 2. The van der Waals surface area contributed by atoms with Crippen LogP contribution in [0.4, 0.5) is 5.82 Å². The molecule has 1 saturated heterocycles. The lowest BCUT2D eigenvalue weighted by Gasteiger charge is -2.25. The van der Waals surface area contributed by atoms with Crippen LogP contribution in [0.2, 0.25) is 5.15 Å². The van der Waals surface area contributed by atoms with E-state index in [1.54, 1.807) is 0 Å². The summed E-state index contributed by atoms with van der Waals surface area (Å²) < 4.78 is 11.6. The molecule has 0 spiro atoms. The Morgan fingerprint density at radius 2 is 2.17 bits per heavy atom. The van der Waals surface area contributed by atoms with Crippen LogP contribution in [0.5, 0.6) is 0 Å². The standard InChI is InChI=1S/C17H22ClN3O2S/c1-2-3-4-5-14(13-6-8-24(23)9-7-13)10-15-16(18)19-11-20-17(15)21-12-22/h2,10-13H,1,3-9H2,(H,19,20,21,22)/b14-10+. The van der Waals surface area contributed by atoms with Crippen LogP contribution in [0, 0.1) is 5.92 Å². The summed E-state index contributed by atoms with van der Waals surface area (Å²) in [4.78, 5) is 18.9. The molecule has 0 aromatic carbocycles. The van der Waals surface area contributed by atoms with Crippen LogP contribution >= 0.6 is 11.6 Å². The predicted molar refractivity (Wildman–Crippen MR) is 99.4 cm³/mol. The molecule has 24 heavy (non-hydrogen) atoms. The molecule has 1 aliphatic heterocycles. The second kappa shape index (κ2) is 9.69. The quantitative estimate of drug-likeness (QED) is 0.330. The highest BCUT2D eigenvalue weighted by Gasteiger charge is 2.22. The van der Waals surface area contributed by atoms with Crippen LogP contribution in [-0.4, -0.2) is 32.1 Å². The number of allylic oxidation sites excluding steroid dienone is 2. The van der Waals surface area contributed by atoms with Gasteiger partial charge in [-0.2, -0.15) is 0 Å². The van der Waals surface area contributed by atoms with Gasteiger partial charge in [-0.05, 0) is 44.1 Å². The molecule has 1 aliphatic rings. The van der Waals surface area contributed by atoms with Gasteiger partial charge in [-0.25, -0.2) is 9.97 Å². The van der Waals surface area contributed by atoms with Crippen LogP contribution in [-0.2, 0) is 15.6 Å². The number of nitrogens with zero attached hydrogens (tertiary/aromatic N) is 2. The number of amides is 1. The second-order valence-electron chi connectivity index (χ2n) is 5.71. The number of hydrogen-bond acceptors (Lipinski definition) is 4. The third-order valence-electron chi connectivity index (χ3n) is 4.15. The van der Waals surface area contributed by atoms with Gasteiger partial charge in [-0.15, -0.1) is 6.58 Å². The Morgan fingerprint density at radius 1 is 1.42 bits per heavy atom. The van der Waals surface area contributed by atoms with Gasteiger partial charge < -0.3 is 5.32 Å². The molecule has 0 radical (unpaired) electrons. The Labute approximate surface area is 150 Å². The van der Waals surface area contributed by atoms with Crippen molar-refractivity contribution in [3.8, 4) is 0 Å². The molecule has 5 nitrogen and oxygen atoms in total. The lowest BCUT2D eigenvalue weighted by Crippen LogP contribution is -2.20. The summed E-state index contributed by atoms with van der Waals surface area (Å²) in [6.45, 7) is 3.77. The van der Waals surface area contributed by atoms with Crippen molar-refractivity contribution in [2.75, 3.05) is 16.8 Å². The smallest absolute Gasteiger partial charge is 0.212 e. The number of rotatable bonds is 8. The molecule has 0 saturated carbocycles. The van der Waals surface area contributed by atoms with E-state index < -0.39 is 10.8 Å². The van der Waals surface area contributed by atoms with Gasteiger partial charge in [-0.1, -0.05) is 23.3 Å². The number of anilines is 1. The summed E-state index contributed by atoms with van der Waals surface area (Å²) in [5.74, 6) is 2.27. The van der Waals surface area contributed by atoms with Gasteiger partial charge in [-0.3, -0.25) is 9.00 Å². The summed E-state index contributed by atoms with van der Waals surface area (Å²) >= 11 is 6.22. The molecule has 1 amide bonds. The molecule has 1 fully saturated rings.